The number of nitro groups is 1. The van der Waals surface area contributed by atoms with Gasteiger partial charge in [-0.3, -0.25) is 14.9 Å². The van der Waals surface area contributed by atoms with E-state index in [1.165, 1.54) is 12.1 Å². The van der Waals surface area contributed by atoms with Crippen molar-refractivity contribution in [2.75, 3.05) is 13.1 Å². The normalized spacial score (nSPS) is 19.9. The van der Waals surface area contributed by atoms with Crippen molar-refractivity contribution in [2.45, 2.75) is 18.9 Å². The van der Waals surface area contributed by atoms with Crippen LogP contribution >= 0.6 is 0 Å². The number of nitrogens with one attached hydrogen (secondary N) is 2. The van der Waals surface area contributed by atoms with Gasteiger partial charge in [-0.2, -0.15) is 0 Å². The van der Waals surface area contributed by atoms with Crippen LogP contribution in [0.15, 0.2) is 16.5 Å². The number of hydrogen-bond acceptors (Lipinski definition) is 5. The number of furan rings is 1. The van der Waals surface area contributed by atoms with Crippen molar-refractivity contribution in [3.8, 4) is 0 Å². The molecule has 92 valence electrons. The SMILES string of the molecule is O=C(N[C@H]1CCCNC1)c1ccc([N+](=O)[O-])o1. The highest BCUT2D eigenvalue weighted by atomic mass is 16.6. The third-order valence-corrected chi connectivity index (χ3v) is 2.63. The molecule has 1 aliphatic rings. The second kappa shape index (κ2) is 4.96. The molecule has 0 aliphatic carbocycles. The number of carbonyl (C=O) groups excluding carboxylic acids is 1. The molecule has 0 unspecified atom stereocenters. The first kappa shape index (κ1) is 11.6. The lowest BCUT2D eigenvalue weighted by Crippen LogP contribution is -2.45. The molecule has 0 spiro atoms. The van der Waals surface area contributed by atoms with Gasteiger partial charge in [0, 0.05) is 12.6 Å². The van der Waals surface area contributed by atoms with Crippen LogP contribution in [0.1, 0.15) is 23.4 Å². The highest BCUT2D eigenvalue weighted by Gasteiger charge is 2.20. The summed E-state index contributed by atoms with van der Waals surface area (Å²) in [5, 5.41) is 16.3. The lowest BCUT2D eigenvalue weighted by atomic mass is 10.1. The zero-order chi connectivity index (χ0) is 12.3. The molecule has 0 aromatic carbocycles. The Balaban J connectivity index is 1.96. The molecule has 1 aliphatic heterocycles. The molecule has 1 saturated heterocycles. The first-order valence-electron chi connectivity index (χ1n) is 5.42. The summed E-state index contributed by atoms with van der Waals surface area (Å²) in [5.41, 5.74) is 0. The van der Waals surface area contributed by atoms with Gasteiger partial charge in [0.1, 0.15) is 4.92 Å². The quantitative estimate of drug-likeness (QED) is 0.596. The lowest BCUT2D eigenvalue weighted by molar-refractivity contribution is -0.402. The summed E-state index contributed by atoms with van der Waals surface area (Å²) in [6.45, 7) is 1.67. The molecular weight excluding hydrogens is 226 g/mol. The van der Waals surface area contributed by atoms with Crippen LogP contribution in [0.4, 0.5) is 5.88 Å². The number of piperidine rings is 1. The molecule has 0 bridgehead atoms. The molecule has 2 N–H and O–H groups in total. The number of carbonyl (C=O) groups is 1. The van der Waals surface area contributed by atoms with E-state index in [1.54, 1.807) is 0 Å². The molecule has 7 heteroatoms. The minimum atomic E-state index is -0.668. The first-order valence-corrected chi connectivity index (χ1v) is 5.42. The third kappa shape index (κ3) is 2.82. The summed E-state index contributed by atoms with van der Waals surface area (Å²) in [7, 11) is 0. The van der Waals surface area contributed by atoms with Crippen LogP contribution in [0.3, 0.4) is 0 Å². The smallest absolute Gasteiger partial charge is 0.395 e. The zero-order valence-electron chi connectivity index (χ0n) is 9.14. The summed E-state index contributed by atoms with van der Waals surface area (Å²) in [6, 6.07) is 2.54. The van der Waals surface area contributed by atoms with Gasteiger partial charge in [0.15, 0.2) is 5.76 Å². The van der Waals surface area contributed by atoms with Crippen LogP contribution in [0.2, 0.25) is 0 Å². The summed E-state index contributed by atoms with van der Waals surface area (Å²) >= 11 is 0. The van der Waals surface area contributed by atoms with Crippen molar-refractivity contribution >= 4 is 11.8 Å². The second-order valence-corrected chi connectivity index (χ2v) is 3.91. The standard InChI is InChI=1S/C10H13N3O4/c14-10(12-7-2-1-5-11-6-7)8-3-4-9(17-8)13(15)16/h3-4,7,11H,1-2,5-6H2,(H,12,14)/t7-/m0/s1. The van der Waals surface area contributed by atoms with Gasteiger partial charge in [0.25, 0.3) is 5.91 Å². The van der Waals surface area contributed by atoms with Crippen molar-refractivity contribution in [3.63, 3.8) is 0 Å². The van der Waals surface area contributed by atoms with Crippen molar-refractivity contribution in [3.05, 3.63) is 28.0 Å². The fourth-order valence-corrected chi connectivity index (χ4v) is 1.78. The van der Waals surface area contributed by atoms with Gasteiger partial charge in [-0.05, 0) is 25.5 Å². The van der Waals surface area contributed by atoms with E-state index in [9.17, 15) is 14.9 Å². The van der Waals surface area contributed by atoms with E-state index in [0.29, 0.717) is 6.54 Å². The minimum absolute atomic E-state index is 0.0257. The van der Waals surface area contributed by atoms with E-state index in [1.807, 2.05) is 0 Å². The molecule has 1 aromatic heterocycles. The Morgan fingerprint density at radius 3 is 3.00 bits per heavy atom. The Bertz CT molecular complexity index is 423. The van der Waals surface area contributed by atoms with Crippen molar-refractivity contribution in [2.24, 2.45) is 0 Å². The van der Waals surface area contributed by atoms with Gasteiger partial charge in [-0.15, -0.1) is 0 Å². The fraction of sp³-hybridized carbons (Fsp3) is 0.500. The molecule has 1 fully saturated rings. The largest absolute Gasteiger partial charge is 0.433 e. The van der Waals surface area contributed by atoms with Gasteiger partial charge in [0.2, 0.25) is 0 Å². The van der Waals surface area contributed by atoms with Gasteiger partial charge < -0.3 is 15.1 Å². The van der Waals surface area contributed by atoms with E-state index in [-0.39, 0.29) is 11.8 Å². The van der Waals surface area contributed by atoms with Crippen LogP contribution in [-0.4, -0.2) is 30.0 Å². The van der Waals surface area contributed by atoms with Crippen molar-refractivity contribution in [1.29, 1.82) is 0 Å². The van der Waals surface area contributed by atoms with Crippen LogP contribution in [0, 0.1) is 10.1 Å². The van der Waals surface area contributed by atoms with Crippen molar-refractivity contribution < 1.29 is 14.1 Å². The summed E-state index contributed by atoms with van der Waals surface area (Å²) in [4.78, 5) is 21.4. The summed E-state index contributed by atoms with van der Waals surface area (Å²) in [5.74, 6) is -0.856. The van der Waals surface area contributed by atoms with Gasteiger partial charge in [-0.1, -0.05) is 0 Å². The minimum Gasteiger partial charge on any atom is -0.395 e. The van der Waals surface area contributed by atoms with Gasteiger partial charge >= 0.3 is 5.88 Å². The monoisotopic (exact) mass is 239 g/mol. The topological polar surface area (TPSA) is 97.4 Å². The molecule has 0 radical (unpaired) electrons. The zero-order valence-corrected chi connectivity index (χ0v) is 9.14. The fourth-order valence-electron chi connectivity index (χ4n) is 1.78. The molecule has 17 heavy (non-hydrogen) atoms. The van der Waals surface area contributed by atoms with Crippen LogP contribution in [0.25, 0.3) is 0 Å². The highest BCUT2D eigenvalue weighted by molar-refractivity contribution is 5.91. The predicted molar refractivity (Wildman–Crippen MR) is 58.7 cm³/mol. The second-order valence-electron chi connectivity index (χ2n) is 3.91. The van der Waals surface area contributed by atoms with Crippen molar-refractivity contribution in [1.82, 2.24) is 10.6 Å². The maximum Gasteiger partial charge on any atom is 0.433 e. The summed E-state index contributed by atoms with van der Waals surface area (Å²) in [6.07, 6.45) is 1.91. The molecule has 1 amide bonds. The molecule has 1 atom stereocenters. The number of nitrogens with zero attached hydrogens (tertiary/aromatic N) is 1. The molecule has 2 heterocycles. The van der Waals surface area contributed by atoms with Crippen LogP contribution < -0.4 is 10.6 Å². The van der Waals surface area contributed by atoms with Crippen LogP contribution in [-0.2, 0) is 0 Å². The maximum atomic E-state index is 11.7. The van der Waals surface area contributed by atoms with Crippen LogP contribution in [0.5, 0.6) is 0 Å². The van der Waals surface area contributed by atoms with Gasteiger partial charge in [-0.25, -0.2) is 0 Å². The Kier molecular flexibility index (Phi) is 3.38. The lowest BCUT2D eigenvalue weighted by Gasteiger charge is -2.23. The molecule has 7 nitrogen and oxygen atoms in total. The Labute approximate surface area is 97.3 Å². The van der Waals surface area contributed by atoms with Gasteiger partial charge in [0.05, 0.1) is 6.07 Å². The maximum absolute atomic E-state index is 11.7. The Hall–Kier alpha value is -1.89. The number of hydrogen-bond donors (Lipinski definition) is 2. The van der Waals surface area contributed by atoms with E-state index >= 15 is 0 Å². The molecular formula is C10H13N3O4. The number of amides is 1. The third-order valence-electron chi connectivity index (χ3n) is 2.63. The number of rotatable bonds is 3. The Morgan fingerprint density at radius 1 is 1.59 bits per heavy atom. The Morgan fingerprint density at radius 2 is 2.41 bits per heavy atom. The van der Waals surface area contributed by atoms with E-state index in [4.69, 9.17) is 4.42 Å². The summed E-state index contributed by atoms with van der Waals surface area (Å²) < 4.78 is 4.82. The molecule has 0 saturated carbocycles. The highest BCUT2D eigenvalue weighted by Crippen LogP contribution is 2.15. The predicted octanol–water partition coefficient (Wildman–Crippen LogP) is 0.670. The van der Waals surface area contributed by atoms with E-state index in [0.717, 1.165) is 19.4 Å². The average molecular weight is 239 g/mol. The van der Waals surface area contributed by atoms with E-state index in [2.05, 4.69) is 10.6 Å². The average Bonchev–Trinajstić information content (AvgIpc) is 2.79. The molecule has 2 rings (SSSR count). The first-order chi connectivity index (χ1) is 8.16. The molecule has 1 aromatic rings. The van der Waals surface area contributed by atoms with E-state index < -0.39 is 16.7 Å².